The maximum Gasteiger partial charge on any atom is 0.229 e. The number of rotatable bonds is 7. The molecular formula is C26H24FN5O3S2. The molecule has 11 heteroatoms. The van der Waals surface area contributed by atoms with Gasteiger partial charge >= 0.3 is 0 Å². The SMILES string of the molecule is COc1ccc(N2C(=S)N[C@H](c3ccccn3)[C@H]2c2cccn2-c2cccc(F)c2)cc1NS(C)(=O)=O. The Morgan fingerprint density at radius 1 is 1.05 bits per heavy atom. The van der Waals surface area contributed by atoms with Crippen LogP contribution in [0.4, 0.5) is 15.8 Å². The fourth-order valence-corrected chi connectivity index (χ4v) is 5.46. The molecule has 2 atom stereocenters. The summed E-state index contributed by atoms with van der Waals surface area (Å²) in [6.45, 7) is 0. The second-order valence-electron chi connectivity index (χ2n) is 8.54. The lowest BCUT2D eigenvalue weighted by molar-refractivity contribution is 0.417. The highest BCUT2D eigenvalue weighted by Crippen LogP contribution is 2.43. The highest BCUT2D eigenvalue weighted by molar-refractivity contribution is 7.92. The van der Waals surface area contributed by atoms with Crippen molar-refractivity contribution in [2.75, 3.05) is 23.0 Å². The van der Waals surface area contributed by atoms with Gasteiger partial charge in [0.05, 0.1) is 30.8 Å². The molecule has 3 heterocycles. The number of thiocarbonyl (C=S) groups is 1. The second-order valence-corrected chi connectivity index (χ2v) is 10.7. The Morgan fingerprint density at radius 3 is 2.59 bits per heavy atom. The number of halogens is 1. The minimum Gasteiger partial charge on any atom is -0.495 e. The summed E-state index contributed by atoms with van der Waals surface area (Å²) >= 11 is 5.79. The molecule has 1 fully saturated rings. The number of nitrogens with one attached hydrogen (secondary N) is 2. The molecule has 4 aromatic rings. The van der Waals surface area contributed by atoms with Crippen molar-refractivity contribution in [2.45, 2.75) is 12.1 Å². The monoisotopic (exact) mass is 537 g/mol. The quantitative estimate of drug-likeness (QED) is 0.334. The molecule has 0 spiro atoms. The van der Waals surface area contributed by atoms with Crippen molar-refractivity contribution in [2.24, 2.45) is 0 Å². The minimum absolute atomic E-state index is 0.283. The minimum atomic E-state index is -3.57. The fraction of sp³-hybridized carbons (Fsp3) is 0.154. The first-order chi connectivity index (χ1) is 17.7. The zero-order chi connectivity index (χ0) is 26.2. The second kappa shape index (κ2) is 9.83. The van der Waals surface area contributed by atoms with E-state index in [0.29, 0.717) is 22.2 Å². The Morgan fingerprint density at radius 2 is 1.89 bits per heavy atom. The molecule has 0 radical (unpaired) electrons. The maximum absolute atomic E-state index is 14.1. The molecule has 0 bridgehead atoms. The first kappa shape index (κ1) is 24.7. The molecule has 0 amide bonds. The van der Waals surface area contributed by atoms with Crippen LogP contribution in [0.5, 0.6) is 5.75 Å². The molecule has 1 aliphatic heterocycles. The van der Waals surface area contributed by atoms with Crippen LogP contribution in [0.2, 0.25) is 0 Å². The number of ether oxygens (including phenoxy) is 1. The molecule has 8 nitrogen and oxygen atoms in total. The van der Waals surface area contributed by atoms with E-state index in [4.69, 9.17) is 17.0 Å². The number of hydrogen-bond donors (Lipinski definition) is 2. The van der Waals surface area contributed by atoms with Crippen LogP contribution in [0.25, 0.3) is 5.69 Å². The van der Waals surface area contributed by atoms with Crippen molar-refractivity contribution in [3.63, 3.8) is 0 Å². The predicted molar refractivity (Wildman–Crippen MR) is 145 cm³/mol. The van der Waals surface area contributed by atoms with E-state index in [0.717, 1.165) is 17.6 Å². The van der Waals surface area contributed by atoms with Crippen molar-refractivity contribution < 1.29 is 17.5 Å². The van der Waals surface area contributed by atoms with Gasteiger partial charge in [0.2, 0.25) is 10.0 Å². The molecule has 190 valence electrons. The van der Waals surface area contributed by atoms with E-state index in [-0.39, 0.29) is 17.5 Å². The van der Waals surface area contributed by atoms with Gasteiger partial charge in [0.1, 0.15) is 17.6 Å². The fourth-order valence-electron chi connectivity index (χ4n) is 4.55. The molecular weight excluding hydrogens is 513 g/mol. The predicted octanol–water partition coefficient (Wildman–Crippen LogP) is 4.57. The summed E-state index contributed by atoms with van der Waals surface area (Å²) in [5.74, 6) is 0.0233. The van der Waals surface area contributed by atoms with E-state index in [1.807, 2.05) is 58.1 Å². The van der Waals surface area contributed by atoms with Gasteiger partial charge in [-0.2, -0.15) is 0 Å². The van der Waals surface area contributed by atoms with Crippen LogP contribution >= 0.6 is 12.2 Å². The highest BCUT2D eigenvalue weighted by atomic mass is 32.2. The lowest BCUT2D eigenvalue weighted by atomic mass is 10.0. The van der Waals surface area contributed by atoms with Gasteiger partial charge in [0.15, 0.2) is 5.11 Å². The van der Waals surface area contributed by atoms with Crippen LogP contribution in [0.3, 0.4) is 0 Å². The number of nitrogens with zero attached hydrogens (tertiary/aromatic N) is 3. The summed E-state index contributed by atoms with van der Waals surface area (Å²) in [7, 11) is -2.10. The van der Waals surface area contributed by atoms with E-state index in [1.54, 1.807) is 24.4 Å². The van der Waals surface area contributed by atoms with Crippen LogP contribution in [-0.2, 0) is 10.0 Å². The zero-order valence-corrected chi connectivity index (χ0v) is 21.6. The average Bonchev–Trinajstić information content (AvgIpc) is 3.48. The van der Waals surface area contributed by atoms with Crippen LogP contribution < -0.4 is 19.7 Å². The summed E-state index contributed by atoms with van der Waals surface area (Å²) in [5, 5.41) is 3.81. The highest BCUT2D eigenvalue weighted by Gasteiger charge is 2.42. The van der Waals surface area contributed by atoms with Gasteiger partial charge in [-0.25, -0.2) is 12.8 Å². The Bertz CT molecular complexity index is 1560. The molecule has 0 aliphatic carbocycles. The largest absolute Gasteiger partial charge is 0.495 e. The van der Waals surface area contributed by atoms with Crippen molar-refractivity contribution >= 4 is 38.7 Å². The molecule has 5 rings (SSSR count). The molecule has 0 saturated carbocycles. The van der Waals surface area contributed by atoms with Crippen LogP contribution in [0, 0.1) is 5.82 Å². The molecule has 1 saturated heterocycles. The van der Waals surface area contributed by atoms with E-state index in [2.05, 4.69) is 15.0 Å². The molecule has 2 aromatic heterocycles. The third-order valence-corrected chi connectivity index (χ3v) is 6.93. The number of aromatic nitrogens is 2. The molecule has 0 unspecified atom stereocenters. The van der Waals surface area contributed by atoms with Gasteiger partial charge in [0.25, 0.3) is 0 Å². The van der Waals surface area contributed by atoms with E-state index >= 15 is 0 Å². The lowest BCUT2D eigenvalue weighted by Gasteiger charge is -2.29. The van der Waals surface area contributed by atoms with Gasteiger partial charge in [-0.1, -0.05) is 12.1 Å². The number of methoxy groups -OCH3 is 1. The third-order valence-electron chi connectivity index (χ3n) is 6.02. The van der Waals surface area contributed by atoms with Crippen molar-refractivity contribution in [1.29, 1.82) is 0 Å². The summed E-state index contributed by atoms with van der Waals surface area (Å²) in [5.41, 5.74) is 3.19. The molecule has 2 N–H and O–H groups in total. The number of hydrogen-bond acceptors (Lipinski definition) is 5. The van der Waals surface area contributed by atoms with Gasteiger partial charge in [0, 0.05) is 29.5 Å². The molecule has 1 aliphatic rings. The lowest BCUT2D eigenvalue weighted by Crippen LogP contribution is -2.30. The molecule has 2 aromatic carbocycles. The number of sulfonamides is 1. The van der Waals surface area contributed by atoms with Crippen LogP contribution in [0.1, 0.15) is 23.5 Å². The van der Waals surface area contributed by atoms with E-state index in [9.17, 15) is 12.8 Å². The van der Waals surface area contributed by atoms with Gasteiger partial charge < -0.3 is 19.5 Å². The topological polar surface area (TPSA) is 88.5 Å². The normalized spacial score (nSPS) is 17.5. The molecule has 37 heavy (non-hydrogen) atoms. The van der Waals surface area contributed by atoms with E-state index in [1.165, 1.54) is 19.2 Å². The van der Waals surface area contributed by atoms with Crippen molar-refractivity contribution in [3.8, 4) is 11.4 Å². The van der Waals surface area contributed by atoms with Gasteiger partial charge in [-0.05, 0) is 72.9 Å². The first-order valence-electron chi connectivity index (χ1n) is 11.3. The number of benzene rings is 2. The van der Waals surface area contributed by atoms with Gasteiger partial charge in [-0.15, -0.1) is 0 Å². The summed E-state index contributed by atoms with van der Waals surface area (Å²) in [6.07, 6.45) is 4.66. The number of anilines is 2. The summed E-state index contributed by atoms with van der Waals surface area (Å²) in [6, 6.07) is 20.3. The Kier molecular flexibility index (Phi) is 6.57. The van der Waals surface area contributed by atoms with E-state index < -0.39 is 16.1 Å². The smallest absolute Gasteiger partial charge is 0.229 e. The first-order valence-corrected chi connectivity index (χ1v) is 13.6. The van der Waals surface area contributed by atoms with Crippen molar-refractivity contribution in [1.82, 2.24) is 14.9 Å². The number of pyridine rings is 1. The van der Waals surface area contributed by atoms with Gasteiger partial charge in [-0.3, -0.25) is 9.71 Å². The Hall–Kier alpha value is -3.96. The van der Waals surface area contributed by atoms with Crippen LogP contribution in [0.15, 0.2) is 85.2 Å². The van der Waals surface area contributed by atoms with Crippen LogP contribution in [-0.4, -0.2) is 36.4 Å². The maximum atomic E-state index is 14.1. The summed E-state index contributed by atoms with van der Waals surface area (Å²) < 4.78 is 48.0. The standard InChI is InChI=1S/C26H24FN5O3S2/c1-35-23-12-11-19(16-21(23)30-37(2,33)34)32-25(24(29-26(32)36)20-9-3-4-13-28-20)22-10-6-14-31(22)18-8-5-7-17(27)15-18/h3-16,24-25,30H,1-2H3,(H,29,36)/t24-,25-/m1/s1. The summed E-state index contributed by atoms with van der Waals surface area (Å²) in [4.78, 5) is 6.47. The third kappa shape index (κ3) is 5.00. The Labute approximate surface area is 219 Å². The Balaban J connectivity index is 1.67. The van der Waals surface area contributed by atoms with Crippen molar-refractivity contribution in [3.05, 3.63) is 102 Å². The average molecular weight is 538 g/mol. The zero-order valence-electron chi connectivity index (χ0n) is 20.0.